The Kier molecular flexibility index (Phi) is 4.08. The molecule has 0 heterocycles. The highest BCUT2D eigenvalue weighted by Crippen LogP contribution is 2.34. The van der Waals surface area contributed by atoms with E-state index in [2.05, 4.69) is 15.9 Å². The Balaban J connectivity index is 2.57. The molecule has 0 atom stereocenters. The van der Waals surface area contributed by atoms with Crippen LogP contribution in [-0.2, 0) is 5.33 Å². The van der Waals surface area contributed by atoms with Crippen molar-refractivity contribution >= 4 is 39.1 Å². The minimum atomic E-state index is -0.233. The van der Waals surface area contributed by atoms with Crippen LogP contribution in [0, 0.1) is 5.82 Å². The summed E-state index contributed by atoms with van der Waals surface area (Å²) in [7, 11) is 0. The molecular formula is C13H8BrCl2F. The molecule has 0 aromatic heterocycles. The second kappa shape index (κ2) is 5.38. The number of alkyl halides is 1. The SMILES string of the molecule is Fc1ccc(-c2cccc(Cl)c2Cl)cc1CBr. The van der Waals surface area contributed by atoms with Crippen LogP contribution in [0.5, 0.6) is 0 Å². The Morgan fingerprint density at radius 2 is 1.88 bits per heavy atom. The summed E-state index contributed by atoms with van der Waals surface area (Å²) in [4.78, 5) is 0. The molecule has 4 heteroatoms. The third-order valence-electron chi connectivity index (χ3n) is 2.45. The van der Waals surface area contributed by atoms with E-state index in [-0.39, 0.29) is 5.82 Å². The van der Waals surface area contributed by atoms with Crippen LogP contribution >= 0.6 is 39.1 Å². The Morgan fingerprint density at radius 3 is 2.59 bits per heavy atom. The molecule has 0 aliphatic heterocycles. The largest absolute Gasteiger partial charge is 0.207 e. The van der Waals surface area contributed by atoms with Crippen LogP contribution in [0.2, 0.25) is 10.0 Å². The molecule has 2 aromatic carbocycles. The molecule has 0 amide bonds. The molecule has 0 spiro atoms. The maximum absolute atomic E-state index is 13.4. The highest BCUT2D eigenvalue weighted by molar-refractivity contribution is 9.08. The summed E-state index contributed by atoms with van der Waals surface area (Å²) in [6, 6.07) is 10.3. The van der Waals surface area contributed by atoms with Crippen LogP contribution in [0.25, 0.3) is 11.1 Å². The smallest absolute Gasteiger partial charge is 0.127 e. The topological polar surface area (TPSA) is 0 Å². The van der Waals surface area contributed by atoms with Crippen molar-refractivity contribution < 1.29 is 4.39 Å². The van der Waals surface area contributed by atoms with E-state index < -0.39 is 0 Å². The number of hydrogen-bond donors (Lipinski definition) is 0. The second-order valence-electron chi connectivity index (χ2n) is 3.54. The van der Waals surface area contributed by atoms with Gasteiger partial charge in [0.1, 0.15) is 5.82 Å². The Labute approximate surface area is 117 Å². The van der Waals surface area contributed by atoms with Crippen molar-refractivity contribution in [1.82, 2.24) is 0 Å². The van der Waals surface area contributed by atoms with E-state index in [9.17, 15) is 4.39 Å². The lowest BCUT2D eigenvalue weighted by Gasteiger charge is -2.08. The lowest BCUT2D eigenvalue weighted by molar-refractivity contribution is 0.618. The van der Waals surface area contributed by atoms with Crippen LogP contribution in [0.3, 0.4) is 0 Å². The molecule has 0 nitrogen and oxygen atoms in total. The van der Waals surface area contributed by atoms with Crippen molar-refractivity contribution in [3.63, 3.8) is 0 Å². The van der Waals surface area contributed by atoms with Gasteiger partial charge in [0.05, 0.1) is 10.0 Å². The van der Waals surface area contributed by atoms with Gasteiger partial charge in [0, 0.05) is 10.9 Å². The maximum Gasteiger partial charge on any atom is 0.127 e. The molecule has 0 aliphatic rings. The van der Waals surface area contributed by atoms with Crippen molar-refractivity contribution in [3.8, 4) is 11.1 Å². The summed E-state index contributed by atoms with van der Waals surface area (Å²) >= 11 is 15.3. The van der Waals surface area contributed by atoms with Gasteiger partial charge < -0.3 is 0 Å². The average molecular weight is 334 g/mol. The van der Waals surface area contributed by atoms with E-state index in [1.54, 1.807) is 18.2 Å². The molecule has 0 saturated carbocycles. The molecule has 0 N–H and O–H groups in total. The molecule has 0 bridgehead atoms. The first-order chi connectivity index (χ1) is 8.13. The predicted molar refractivity (Wildman–Crippen MR) is 74.5 cm³/mol. The third-order valence-corrected chi connectivity index (χ3v) is 3.88. The lowest BCUT2D eigenvalue weighted by Crippen LogP contribution is -1.88. The van der Waals surface area contributed by atoms with E-state index in [1.807, 2.05) is 12.1 Å². The van der Waals surface area contributed by atoms with Crippen molar-refractivity contribution in [3.05, 3.63) is 57.8 Å². The summed E-state index contributed by atoms with van der Waals surface area (Å²) in [6.45, 7) is 0. The van der Waals surface area contributed by atoms with Gasteiger partial charge in [0.25, 0.3) is 0 Å². The predicted octanol–water partition coefficient (Wildman–Crippen LogP) is 5.69. The molecule has 0 saturated heterocycles. The van der Waals surface area contributed by atoms with Crippen molar-refractivity contribution in [2.45, 2.75) is 5.33 Å². The van der Waals surface area contributed by atoms with Gasteiger partial charge in [-0.25, -0.2) is 4.39 Å². The van der Waals surface area contributed by atoms with Crippen molar-refractivity contribution in [1.29, 1.82) is 0 Å². The van der Waals surface area contributed by atoms with Crippen molar-refractivity contribution in [2.75, 3.05) is 0 Å². The van der Waals surface area contributed by atoms with Gasteiger partial charge in [0.15, 0.2) is 0 Å². The van der Waals surface area contributed by atoms with Gasteiger partial charge in [-0.1, -0.05) is 57.3 Å². The minimum Gasteiger partial charge on any atom is -0.207 e. The first-order valence-corrected chi connectivity index (χ1v) is 6.80. The van der Waals surface area contributed by atoms with Gasteiger partial charge in [-0.2, -0.15) is 0 Å². The van der Waals surface area contributed by atoms with Crippen LogP contribution in [0.4, 0.5) is 4.39 Å². The van der Waals surface area contributed by atoms with Gasteiger partial charge in [-0.15, -0.1) is 0 Å². The standard InChI is InChI=1S/C13H8BrCl2F/c14-7-9-6-8(4-5-12(9)17)10-2-1-3-11(15)13(10)16/h1-6H,7H2. The molecule has 0 radical (unpaired) electrons. The van der Waals surface area contributed by atoms with E-state index in [0.29, 0.717) is 20.9 Å². The Hall–Kier alpha value is -0.570. The van der Waals surface area contributed by atoms with E-state index in [4.69, 9.17) is 23.2 Å². The number of halogens is 4. The Morgan fingerprint density at radius 1 is 1.12 bits per heavy atom. The summed E-state index contributed by atoms with van der Waals surface area (Å²) in [6.07, 6.45) is 0. The zero-order chi connectivity index (χ0) is 12.4. The quantitative estimate of drug-likeness (QED) is 0.619. The monoisotopic (exact) mass is 332 g/mol. The molecule has 0 fully saturated rings. The highest BCUT2D eigenvalue weighted by atomic mass is 79.9. The summed E-state index contributed by atoms with van der Waals surface area (Å²) in [5, 5.41) is 1.44. The molecule has 0 unspecified atom stereocenters. The third kappa shape index (κ3) is 2.65. The second-order valence-corrected chi connectivity index (χ2v) is 4.89. The zero-order valence-electron chi connectivity index (χ0n) is 8.68. The molecule has 2 rings (SSSR count). The molecule has 2 aromatic rings. The summed E-state index contributed by atoms with van der Waals surface area (Å²) in [5.41, 5.74) is 2.26. The van der Waals surface area contributed by atoms with Crippen LogP contribution in [0.1, 0.15) is 5.56 Å². The summed E-state index contributed by atoms with van der Waals surface area (Å²) < 4.78 is 13.4. The van der Waals surface area contributed by atoms with E-state index >= 15 is 0 Å². The van der Waals surface area contributed by atoms with Crippen molar-refractivity contribution in [2.24, 2.45) is 0 Å². The van der Waals surface area contributed by atoms with Gasteiger partial charge >= 0.3 is 0 Å². The lowest BCUT2D eigenvalue weighted by atomic mass is 10.0. The van der Waals surface area contributed by atoms with Gasteiger partial charge in [0.2, 0.25) is 0 Å². The van der Waals surface area contributed by atoms with Crippen LogP contribution < -0.4 is 0 Å². The first kappa shape index (κ1) is 12.9. The zero-order valence-corrected chi connectivity index (χ0v) is 11.8. The molecule has 88 valence electrons. The number of rotatable bonds is 2. The van der Waals surface area contributed by atoms with Crippen LogP contribution in [-0.4, -0.2) is 0 Å². The van der Waals surface area contributed by atoms with E-state index in [0.717, 1.165) is 11.1 Å². The van der Waals surface area contributed by atoms with Crippen LogP contribution in [0.15, 0.2) is 36.4 Å². The number of hydrogen-bond acceptors (Lipinski definition) is 0. The summed E-state index contributed by atoms with van der Waals surface area (Å²) in [5.74, 6) is -0.233. The Bertz CT molecular complexity index is 555. The average Bonchev–Trinajstić information content (AvgIpc) is 2.34. The first-order valence-electron chi connectivity index (χ1n) is 4.92. The molecular weight excluding hydrogens is 326 g/mol. The highest BCUT2D eigenvalue weighted by Gasteiger charge is 2.09. The fourth-order valence-electron chi connectivity index (χ4n) is 1.57. The fraction of sp³-hybridized carbons (Fsp3) is 0.0769. The number of benzene rings is 2. The molecule has 17 heavy (non-hydrogen) atoms. The van der Waals surface area contributed by atoms with Gasteiger partial charge in [-0.05, 0) is 29.3 Å². The van der Waals surface area contributed by atoms with Gasteiger partial charge in [-0.3, -0.25) is 0 Å². The fourth-order valence-corrected chi connectivity index (χ4v) is 2.41. The van der Waals surface area contributed by atoms with E-state index in [1.165, 1.54) is 6.07 Å². The minimum absolute atomic E-state index is 0.233. The maximum atomic E-state index is 13.4. The normalized spacial score (nSPS) is 10.6. The molecule has 0 aliphatic carbocycles.